The van der Waals surface area contributed by atoms with Gasteiger partial charge in [-0.3, -0.25) is 4.90 Å². The van der Waals surface area contributed by atoms with Gasteiger partial charge in [0.05, 0.1) is 6.54 Å². The van der Waals surface area contributed by atoms with Gasteiger partial charge in [0, 0.05) is 12.6 Å². The molecule has 0 radical (unpaired) electrons. The van der Waals surface area contributed by atoms with Crippen molar-refractivity contribution in [1.29, 1.82) is 0 Å². The Morgan fingerprint density at radius 2 is 2.06 bits per heavy atom. The first kappa shape index (κ1) is 11.0. The zero-order chi connectivity index (χ0) is 11.4. The van der Waals surface area contributed by atoms with Crippen molar-refractivity contribution in [2.45, 2.75) is 25.4 Å². The van der Waals surface area contributed by atoms with Crippen molar-refractivity contribution in [3.63, 3.8) is 0 Å². The normalized spacial score (nSPS) is 16.7. The fourth-order valence-corrected chi connectivity index (χ4v) is 1.81. The highest BCUT2D eigenvalue weighted by Crippen LogP contribution is 2.27. The van der Waals surface area contributed by atoms with Crippen molar-refractivity contribution in [3.8, 4) is 0 Å². The smallest absolute Gasteiger partial charge is 0.153 e. The van der Waals surface area contributed by atoms with Crippen molar-refractivity contribution < 1.29 is 5.21 Å². The molecule has 4 nitrogen and oxygen atoms in total. The highest BCUT2D eigenvalue weighted by atomic mass is 16.4. The number of nitrogens with two attached hydrogens (primary N) is 1. The van der Waals surface area contributed by atoms with E-state index in [2.05, 4.69) is 22.2 Å². The van der Waals surface area contributed by atoms with Crippen molar-refractivity contribution in [3.05, 3.63) is 35.9 Å². The highest BCUT2D eigenvalue weighted by Gasteiger charge is 2.29. The molecule has 86 valence electrons. The number of nitrogens with zero attached hydrogens (tertiary/aromatic N) is 2. The zero-order valence-corrected chi connectivity index (χ0v) is 9.21. The molecule has 1 aliphatic rings. The van der Waals surface area contributed by atoms with Gasteiger partial charge in [-0.25, -0.2) is 0 Å². The van der Waals surface area contributed by atoms with Crippen LogP contribution in [0.25, 0.3) is 0 Å². The van der Waals surface area contributed by atoms with Crippen LogP contribution in [0.3, 0.4) is 0 Å². The van der Waals surface area contributed by atoms with E-state index in [0.717, 1.165) is 6.54 Å². The standard InChI is InChI=1S/C12H17N3O/c13-12(14-16)9-15(11-6-7-11)8-10-4-2-1-3-5-10/h1-5,11,16H,6-9H2,(H2,13,14). The zero-order valence-electron chi connectivity index (χ0n) is 9.21. The molecule has 1 saturated carbocycles. The van der Waals surface area contributed by atoms with Gasteiger partial charge >= 0.3 is 0 Å². The molecule has 0 saturated heterocycles. The van der Waals surface area contributed by atoms with Gasteiger partial charge in [-0.2, -0.15) is 0 Å². The summed E-state index contributed by atoms with van der Waals surface area (Å²) >= 11 is 0. The molecule has 1 aliphatic carbocycles. The Kier molecular flexibility index (Phi) is 3.41. The van der Waals surface area contributed by atoms with Crippen molar-refractivity contribution in [2.75, 3.05) is 6.54 Å². The maximum Gasteiger partial charge on any atom is 0.153 e. The molecule has 16 heavy (non-hydrogen) atoms. The number of benzene rings is 1. The van der Waals surface area contributed by atoms with E-state index in [0.29, 0.717) is 12.6 Å². The largest absolute Gasteiger partial charge is 0.409 e. The number of amidine groups is 1. The molecule has 4 heteroatoms. The van der Waals surface area contributed by atoms with E-state index >= 15 is 0 Å². The van der Waals surface area contributed by atoms with Crippen LogP contribution in [0.4, 0.5) is 0 Å². The lowest BCUT2D eigenvalue weighted by atomic mass is 10.2. The van der Waals surface area contributed by atoms with Crippen LogP contribution >= 0.6 is 0 Å². The molecule has 1 fully saturated rings. The van der Waals surface area contributed by atoms with Crippen LogP contribution in [0.15, 0.2) is 35.5 Å². The molecule has 0 unspecified atom stereocenters. The summed E-state index contributed by atoms with van der Waals surface area (Å²) in [6.07, 6.45) is 2.43. The average molecular weight is 219 g/mol. The van der Waals surface area contributed by atoms with E-state index in [1.807, 2.05) is 18.2 Å². The van der Waals surface area contributed by atoms with Gasteiger partial charge < -0.3 is 10.9 Å². The summed E-state index contributed by atoms with van der Waals surface area (Å²) in [5, 5.41) is 11.6. The highest BCUT2D eigenvalue weighted by molar-refractivity contribution is 5.81. The lowest BCUT2D eigenvalue weighted by Gasteiger charge is -2.21. The molecule has 2 rings (SSSR count). The number of rotatable bonds is 5. The molecule has 0 heterocycles. The van der Waals surface area contributed by atoms with Gasteiger partial charge in [0.2, 0.25) is 0 Å². The first-order valence-electron chi connectivity index (χ1n) is 5.54. The Morgan fingerprint density at radius 3 is 2.62 bits per heavy atom. The van der Waals surface area contributed by atoms with Gasteiger partial charge in [0.15, 0.2) is 5.84 Å². The Balaban J connectivity index is 1.98. The molecular formula is C12H17N3O. The molecule has 0 aliphatic heterocycles. The molecule has 1 aromatic rings. The van der Waals surface area contributed by atoms with E-state index in [-0.39, 0.29) is 5.84 Å². The second-order valence-corrected chi connectivity index (χ2v) is 4.21. The third-order valence-electron chi connectivity index (χ3n) is 2.79. The minimum Gasteiger partial charge on any atom is -0.409 e. The maximum atomic E-state index is 8.59. The molecule has 0 bridgehead atoms. The van der Waals surface area contributed by atoms with Crippen molar-refractivity contribution in [2.24, 2.45) is 10.9 Å². The van der Waals surface area contributed by atoms with Gasteiger partial charge in [0.1, 0.15) is 0 Å². The van der Waals surface area contributed by atoms with Crippen LogP contribution < -0.4 is 5.73 Å². The Hall–Kier alpha value is -1.55. The van der Waals surface area contributed by atoms with Gasteiger partial charge in [-0.1, -0.05) is 35.5 Å². The van der Waals surface area contributed by atoms with Crippen LogP contribution in [0.2, 0.25) is 0 Å². The van der Waals surface area contributed by atoms with Gasteiger partial charge in [0.25, 0.3) is 0 Å². The third-order valence-corrected chi connectivity index (χ3v) is 2.79. The monoisotopic (exact) mass is 219 g/mol. The minimum absolute atomic E-state index is 0.280. The Morgan fingerprint density at radius 1 is 1.38 bits per heavy atom. The molecular weight excluding hydrogens is 202 g/mol. The van der Waals surface area contributed by atoms with E-state index in [1.165, 1.54) is 18.4 Å². The average Bonchev–Trinajstić information content (AvgIpc) is 3.13. The predicted octanol–water partition coefficient (Wildman–Crippen LogP) is 1.40. The second kappa shape index (κ2) is 4.99. The van der Waals surface area contributed by atoms with E-state index in [9.17, 15) is 0 Å². The summed E-state index contributed by atoms with van der Waals surface area (Å²) in [4.78, 5) is 2.25. The SMILES string of the molecule is N/C(CN(Cc1ccccc1)C1CC1)=N/O. The molecule has 3 N–H and O–H groups in total. The topological polar surface area (TPSA) is 61.8 Å². The van der Waals surface area contributed by atoms with Crippen molar-refractivity contribution in [1.82, 2.24) is 4.90 Å². The number of hydrogen-bond donors (Lipinski definition) is 2. The quantitative estimate of drug-likeness (QED) is 0.340. The summed E-state index contributed by atoms with van der Waals surface area (Å²) in [5.74, 6) is 0.280. The summed E-state index contributed by atoms with van der Waals surface area (Å²) in [7, 11) is 0. The fraction of sp³-hybridized carbons (Fsp3) is 0.417. The summed E-state index contributed by atoms with van der Waals surface area (Å²) in [6, 6.07) is 10.9. The van der Waals surface area contributed by atoms with E-state index < -0.39 is 0 Å². The first-order valence-corrected chi connectivity index (χ1v) is 5.54. The van der Waals surface area contributed by atoms with E-state index in [1.54, 1.807) is 0 Å². The molecule has 0 spiro atoms. The predicted molar refractivity (Wildman–Crippen MR) is 63.3 cm³/mol. The van der Waals surface area contributed by atoms with Gasteiger partial charge in [-0.05, 0) is 18.4 Å². The third kappa shape index (κ3) is 2.97. The second-order valence-electron chi connectivity index (χ2n) is 4.21. The number of hydrogen-bond acceptors (Lipinski definition) is 3. The number of oxime groups is 1. The van der Waals surface area contributed by atoms with Crippen LogP contribution in [0.1, 0.15) is 18.4 Å². The van der Waals surface area contributed by atoms with E-state index in [4.69, 9.17) is 10.9 Å². The van der Waals surface area contributed by atoms with Crippen LogP contribution in [0.5, 0.6) is 0 Å². The van der Waals surface area contributed by atoms with Crippen LogP contribution in [-0.4, -0.2) is 28.5 Å². The molecule has 0 aromatic heterocycles. The Labute approximate surface area is 95.4 Å². The first-order chi connectivity index (χ1) is 7.79. The van der Waals surface area contributed by atoms with Crippen LogP contribution in [0, 0.1) is 0 Å². The fourth-order valence-electron chi connectivity index (χ4n) is 1.81. The maximum absolute atomic E-state index is 8.59. The lowest BCUT2D eigenvalue weighted by Crippen LogP contribution is -2.35. The summed E-state index contributed by atoms with van der Waals surface area (Å²) < 4.78 is 0. The van der Waals surface area contributed by atoms with Crippen molar-refractivity contribution >= 4 is 5.84 Å². The Bertz CT molecular complexity index is 360. The lowest BCUT2D eigenvalue weighted by molar-refractivity contribution is 0.278. The van der Waals surface area contributed by atoms with Gasteiger partial charge in [-0.15, -0.1) is 0 Å². The minimum atomic E-state index is 0.280. The molecule has 0 atom stereocenters. The summed E-state index contributed by atoms with van der Waals surface area (Å²) in [6.45, 7) is 1.40. The molecule has 1 aromatic carbocycles. The molecule has 0 amide bonds. The van der Waals surface area contributed by atoms with Crippen LogP contribution in [-0.2, 0) is 6.54 Å². The summed E-state index contributed by atoms with van der Waals surface area (Å²) in [5.41, 5.74) is 6.82.